The molecule has 0 aromatic heterocycles. The van der Waals surface area contributed by atoms with E-state index in [0.29, 0.717) is 5.56 Å². The van der Waals surface area contributed by atoms with E-state index in [4.69, 9.17) is 23.5 Å². The number of carbonyl (C=O) groups excluding carboxylic acids is 1. The normalized spacial score (nSPS) is 9.83. The van der Waals surface area contributed by atoms with E-state index in [2.05, 4.69) is 3.37 Å². The van der Waals surface area contributed by atoms with E-state index >= 15 is 0 Å². The van der Waals surface area contributed by atoms with Gasteiger partial charge in [-0.15, -0.1) is 0 Å². The first-order chi connectivity index (χ1) is 5.75. The summed E-state index contributed by atoms with van der Waals surface area (Å²) in [5, 5.41) is -0.485. The molecule has 0 amide bonds. The zero-order chi connectivity index (χ0) is 8.97. The molecule has 0 aliphatic rings. The van der Waals surface area contributed by atoms with Gasteiger partial charge in [-0.1, -0.05) is 0 Å². The van der Waals surface area contributed by atoms with Crippen molar-refractivity contribution in [1.29, 1.82) is 0 Å². The van der Waals surface area contributed by atoms with Gasteiger partial charge in [0.25, 0.3) is 0 Å². The van der Waals surface area contributed by atoms with Gasteiger partial charge in [-0.25, -0.2) is 0 Å². The third-order valence-corrected chi connectivity index (χ3v) is 3.01. The number of hydrogen-bond acceptors (Lipinski definition) is 2. The molecule has 0 unspecified atom stereocenters. The molecule has 0 saturated carbocycles. The molecule has 12 heavy (non-hydrogen) atoms. The quantitative estimate of drug-likeness (QED) is 0.614. The molecule has 1 rings (SSSR count). The molecule has 2 nitrogen and oxygen atoms in total. The summed E-state index contributed by atoms with van der Waals surface area (Å²) in [6.07, 6.45) is 0. The van der Waals surface area contributed by atoms with Crippen LogP contribution in [0.25, 0.3) is 0 Å². The molecular weight excluding hydrogens is 266 g/mol. The fourth-order valence-corrected chi connectivity index (χ4v) is 2.33. The molecule has 0 aliphatic carbocycles. The van der Waals surface area contributed by atoms with Crippen molar-refractivity contribution >= 4 is 48.5 Å². The molecule has 0 N–H and O–H groups in total. The van der Waals surface area contributed by atoms with Crippen molar-refractivity contribution in [2.24, 2.45) is 0 Å². The molecule has 1 aromatic carbocycles. The topological polar surface area (TPSA) is 26.3 Å². The second-order valence-corrected chi connectivity index (χ2v) is 4.45. The van der Waals surface area contributed by atoms with Gasteiger partial charge in [-0.05, 0) is 0 Å². The van der Waals surface area contributed by atoms with E-state index in [1.54, 1.807) is 24.3 Å². The van der Waals surface area contributed by atoms with Crippen LogP contribution < -0.4 is 4.46 Å². The zero-order valence-electron chi connectivity index (χ0n) is 5.79. The standard InChI is InChI=1S/C7H4Cl2O2Se/c8-7(10)5-3-1-2-4-6(5)12-11-9/h1-4H. The molecular formula is C7H4Cl2O2Se. The van der Waals surface area contributed by atoms with Crippen molar-refractivity contribution in [2.75, 3.05) is 0 Å². The van der Waals surface area contributed by atoms with Gasteiger partial charge >= 0.3 is 86.5 Å². The SMILES string of the molecule is O=C(Cl)c1ccccc1[Se]OCl. The van der Waals surface area contributed by atoms with E-state index in [1.807, 2.05) is 0 Å². The summed E-state index contributed by atoms with van der Waals surface area (Å²) in [5.74, 6) is 0. The van der Waals surface area contributed by atoms with Crippen LogP contribution in [0.5, 0.6) is 0 Å². The molecule has 0 fully saturated rings. The van der Waals surface area contributed by atoms with Crippen molar-refractivity contribution < 1.29 is 8.17 Å². The van der Waals surface area contributed by atoms with Crippen molar-refractivity contribution in [3.05, 3.63) is 29.8 Å². The third-order valence-electron chi connectivity index (χ3n) is 1.22. The summed E-state index contributed by atoms with van der Waals surface area (Å²) in [6.45, 7) is 0. The first-order valence-electron chi connectivity index (χ1n) is 3.00. The molecule has 0 aliphatic heterocycles. The van der Waals surface area contributed by atoms with Crippen LogP contribution >= 0.6 is 23.5 Å². The van der Waals surface area contributed by atoms with Crippen molar-refractivity contribution in [3.63, 3.8) is 0 Å². The van der Waals surface area contributed by atoms with Gasteiger partial charge in [0.2, 0.25) is 0 Å². The van der Waals surface area contributed by atoms with E-state index in [0.717, 1.165) is 4.46 Å². The molecule has 0 bridgehead atoms. The van der Waals surface area contributed by atoms with Gasteiger partial charge < -0.3 is 0 Å². The molecule has 0 spiro atoms. The van der Waals surface area contributed by atoms with Crippen molar-refractivity contribution in [1.82, 2.24) is 0 Å². The maximum absolute atomic E-state index is 10.8. The van der Waals surface area contributed by atoms with Crippen molar-refractivity contribution in [3.8, 4) is 0 Å². The Labute approximate surface area is 86.5 Å². The van der Waals surface area contributed by atoms with Gasteiger partial charge in [0, 0.05) is 0 Å². The van der Waals surface area contributed by atoms with Gasteiger partial charge in [0.1, 0.15) is 0 Å². The molecule has 0 saturated heterocycles. The fraction of sp³-hybridized carbons (Fsp3) is 0. The Hall–Kier alpha value is -0.0505. The first-order valence-corrected chi connectivity index (χ1v) is 5.24. The first kappa shape index (κ1) is 10.0. The summed E-state index contributed by atoms with van der Waals surface area (Å²) < 4.78 is 5.19. The average Bonchev–Trinajstić information content (AvgIpc) is 2.05. The zero-order valence-corrected chi connectivity index (χ0v) is 9.02. The predicted molar refractivity (Wildman–Crippen MR) is 49.0 cm³/mol. The number of rotatable bonds is 3. The Kier molecular flexibility index (Phi) is 4.06. The maximum atomic E-state index is 10.8. The molecule has 1 aromatic rings. The number of halogens is 2. The van der Waals surface area contributed by atoms with Gasteiger partial charge in [0.05, 0.1) is 0 Å². The van der Waals surface area contributed by atoms with Crippen LogP contribution in [-0.2, 0) is 3.37 Å². The Balaban J connectivity index is 3.00. The second-order valence-electron chi connectivity index (χ2n) is 1.92. The predicted octanol–water partition coefficient (Wildman–Crippen LogP) is 1.48. The minimum absolute atomic E-state index is 0.358. The Morgan fingerprint density at radius 3 is 2.67 bits per heavy atom. The minimum atomic E-state index is -0.485. The molecule has 5 heteroatoms. The average molecular weight is 270 g/mol. The molecule has 0 heterocycles. The van der Waals surface area contributed by atoms with Crippen molar-refractivity contribution in [2.45, 2.75) is 0 Å². The summed E-state index contributed by atoms with van der Waals surface area (Å²) in [6, 6.07) is 6.94. The van der Waals surface area contributed by atoms with E-state index in [-0.39, 0.29) is 15.3 Å². The number of carbonyl (C=O) groups is 1. The summed E-state index contributed by atoms with van der Waals surface area (Å²) in [4.78, 5) is 10.8. The Morgan fingerprint density at radius 2 is 2.08 bits per heavy atom. The van der Waals surface area contributed by atoms with Crippen LogP contribution in [0.4, 0.5) is 0 Å². The van der Waals surface area contributed by atoms with Crippen LogP contribution in [-0.4, -0.2) is 20.5 Å². The van der Waals surface area contributed by atoms with Crippen LogP contribution in [0, 0.1) is 0 Å². The summed E-state index contributed by atoms with van der Waals surface area (Å²) in [5.41, 5.74) is 0.458. The fourth-order valence-electron chi connectivity index (χ4n) is 0.736. The molecule has 0 atom stereocenters. The van der Waals surface area contributed by atoms with Gasteiger partial charge in [0.15, 0.2) is 0 Å². The van der Waals surface area contributed by atoms with Crippen LogP contribution in [0.2, 0.25) is 0 Å². The number of benzene rings is 1. The van der Waals surface area contributed by atoms with Crippen LogP contribution in [0.3, 0.4) is 0 Å². The van der Waals surface area contributed by atoms with E-state index in [1.165, 1.54) is 0 Å². The number of hydrogen-bond donors (Lipinski definition) is 0. The molecule has 64 valence electrons. The van der Waals surface area contributed by atoms with E-state index < -0.39 is 5.24 Å². The summed E-state index contributed by atoms with van der Waals surface area (Å²) >= 11 is 10.0. The molecule has 0 radical (unpaired) electrons. The van der Waals surface area contributed by atoms with Crippen LogP contribution in [0.15, 0.2) is 24.3 Å². The Morgan fingerprint density at radius 1 is 1.42 bits per heavy atom. The van der Waals surface area contributed by atoms with Crippen LogP contribution in [0.1, 0.15) is 10.4 Å². The monoisotopic (exact) mass is 270 g/mol. The Bertz CT molecular complexity index is 290. The van der Waals surface area contributed by atoms with Gasteiger partial charge in [-0.3, -0.25) is 0 Å². The second kappa shape index (κ2) is 4.85. The van der Waals surface area contributed by atoms with E-state index in [9.17, 15) is 4.79 Å². The third kappa shape index (κ3) is 2.47. The van der Waals surface area contributed by atoms with Gasteiger partial charge in [-0.2, -0.15) is 0 Å². The summed E-state index contributed by atoms with van der Waals surface area (Å²) in [7, 11) is 0.